The van der Waals surface area contributed by atoms with E-state index in [4.69, 9.17) is 11.6 Å². The zero-order valence-corrected chi connectivity index (χ0v) is 22.3. The summed E-state index contributed by atoms with van der Waals surface area (Å²) in [5.41, 5.74) is 1.55. The fourth-order valence-corrected chi connectivity index (χ4v) is 5.03. The Morgan fingerprint density at radius 3 is 2.29 bits per heavy atom. The summed E-state index contributed by atoms with van der Waals surface area (Å²) in [7, 11) is 0. The molecule has 0 spiro atoms. The SMILES string of the molecule is O=C(O)c1cnn(-c2cccc(-c3cc(Cl)ccc3-c3ccc(C4=CCN(CC(F)(F)F)CC4)cc3)n2)c1C(F)(F)F. The molecule has 3 heterocycles. The largest absolute Gasteiger partial charge is 0.478 e. The van der Waals surface area contributed by atoms with Crippen LogP contribution in [0.1, 0.15) is 28.0 Å². The van der Waals surface area contributed by atoms with Gasteiger partial charge in [-0.2, -0.15) is 31.4 Å². The van der Waals surface area contributed by atoms with E-state index in [9.17, 15) is 36.2 Å². The predicted octanol–water partition coefficient (Wildman–Crippen LogP) is 7.62. The summed E-state index contributed by atoms with van der Waals surface area (Å²) in [6, 6.07) is 16.7. The molecule has 13 heteroatoms. The smallest absolute Gasteiger partial charge is 0.434 e. The Morgan fingerprint density at radius 1 is 0.952 bits per heavy atom. The van der Waals surface area contributed by atoms with Crippen LogP contribution < -0.4 is 0 Å². The first-order valence-corrected chi connectivity index (χ1v) is 12.9. The average Bonchev–Trinajstić information content (AvgIpc) is 3.40. The molecule has 1 aliphatic heterocycles. The average molecular weight is 607 g/mol. The molecule has 1 N–H and O–H groups in total. The zero-order chi connectivity index (χ0) is 30.2. The Balaban J connectivity index is 1.47. The van der Waals surface area contributed by atoms with Crippen LogP contribution in [-0.4, -0.2) is 56.6 Å². The number of pyridine rings is 1. The Morgan fingerprint density at radius 2 is 1.67 bits per heavy atom. The molecule has 0 bridgehead atoms. The summed E-state index contributed by atoms with van der Waals surface area (Å²) in [5, 5.41) is 13.2. The van der Waals surface area contributed by atoms with Crippen molar-refractivity contribution in [3.8, 4) is 28.2 Å². The van der Waals surface area contributed by atoms with Crippen LogP contribution in [0.4, 0.5) is 26.3 Å². The van der Waals surface area contributed by atoms with Gasteiger partial charge in [0, 0.05) is 23.7 Å². The highest BCUT2D eigenvalue weighted by Crippen LogP contribution is 2.37. The van der Waals surface area contributed by atoms with Crippen LogP contribution in [0.15, 0.2) is 72.9 Å². The molecule has 42 heavy (non-hydrogen) atoms. The number of hydrogen-bond acceptors (Lipinski definition) is 4. The Kier molecular flexibility index (Phi) is 7.86. The Hall–Kier alpha value is -4.16. The van der Waals surface area contributed by atoms with Gasteiger partial charge >= 0.3 is 18.3 Å². The van der Waals surface area contributed by atoms with Crippen molar-refractivity contribution in [2.45, 2.75) is 18.8 Å². The normalized spacial score (nSPS) is 14.6. The minimum absolute atomic E-state index is 0.195. The molecule has 0 aliphatic carbocycles. The van der Waals surface area contributed by atoms with E-state index >= 15 is 0 Å². The lowest BCUT2D eigenvalue weighted by molar-refractivity contribution is -0.145. The van der Waals surface area contributed by atoms with Crippen LogP contribution in [0, 0.1) is 0 Å². The molecule has 0 atom stereocenters. The second-order valence-electron chi connectivity index (χ2n) is 9.60. The molecule has 4 aromatic rings. The van der Waals surface area contributed by atoms with Crippen molar-refractivity contribution in [3.05, 3.63) is 94.8 Å². The summed E-state index contributed by atoms with van der Waals surface area (Å²) < 4.78 is 79.9. The molecular formula is C29H21ClF6N4O2. The summed E-state index contributed by atoms with van der Waals surface area (Å²) in [6.45, 7) is -0.472. The molecule has 6 nitrogen and oxygen atoms in total. The number of hydrogen-bond donors (Lipinski definition) is 1. The number of benzene rings is 2. The minimum atomic E-state index is -5.00. The van der Waals surface area contributed by atoms with Gasteiger partial charge in [0.05, 0.1) is 18.4 Å². The number of nitrogens with zero attached hydrogens (tertiary/aromatic N) is 4. The Labute approximate surface area is 240 Å². The van der Waals surface area contributed by atoms with Crippen LogP contribution in [0.2, 0.25) is 5.02 Å². The van der Waals surface area contributed by atoms with Crippen LogP contribution >= 0.6 is 11.6 Å². The Bertz CT molecular complexity index is 1660. The van der Waals surface area contributed by atoms with E-state index in [1.165, 1.54) is 17.0 Å². The lowest BCUT2D eigenvalue weighted by atomic mass is 9.94. The van der Waals surface area contributed by atoms with Gasteiger partial charge in [-0.1, -0.05) is 54.1 Å². The van der Waals surface area contributed by atoms with Crippen molar-refractivity contribution in [1.29, 1.82) is 0 Å². The van der Waals surface area contributed by atoms with Gasteiger partial charge in [-0.15, -0.1) is 0 Å². The third kappa shape index (κ3) is 6.34. The fraction of sp³-hybridized carbons (Fsp3) is 0.207. The highest BCUT2D eigenvalue weighted by molar-refractivity contribution is 6.31. The lowest BCUT2D eigenvalue weighted by Crippen LogP contribution is -2.36. The minimum Gasteiger partial charge on any atom is -0.478 e. The molecule has 2 aromatic carbocycles. The molecule has 0 amide bonds. The first kappa shape index (κ1) is 29.3. The van der Waals surface area contributed by atoms with Crippen LogP contribution in [-0.2, 0) is 6.18 Å². The predicted molar refractivity (Wildman–Crippen MR) is 144 cm³/mol. The van der Waals surface area contributed by atoms with E-state index < -0.39 is 36.1 Å². The van der Waals surface area contributed by atoms with Gasteiger partial charge in [-0.25, -0.2) is 14.5 Å². The van der Waals surface area contributed by atoms with Crippen molar-refractivity contribution in [2.75, 3.05) is 19.6 Å². The van der Waals surface area contributed by atoms with Gasteiger partial charge in [-0.05, 0) is 52.9 Å². The summed E-state index contributed by atoms with van der Waals surface area (Å²) in [4.78, 5) is 17.1. The molecule has 0 saturated carbocycles. The first-order valence-electron chi connectivity index (χ1n) is 12.5. The van der Waals surface area contributed by atoms with Crippen molar-refractivity contribution in [2.24, 2.45) is 0 Å². The molecule has 2 aromatic heterocycles. The highest BCUT2D eigenvalue weighted by atomic mass is 35.5. The highest BCUT2D eigenvalue weighted by Gasteiger charge is 2.41. The number of carbonyl (C=O) groups is 1. The number of aromatic nitrogens is 3. The monoisotopic (exact) mass is 606 g/mol. The summed E-state index contributed by atoms with van der Waals surface area (Å²) >= 11 is 6.27. The van der Waals surface area contributed by atoms with E-state index in [2.05, 4.69) is 10.1 Å². The maximum Gasteiger partial charge on any atom is 0.434 e. The van der Waals surface area contributed by atoms with Crippen molar-refractivity contribution >= 4 is 23.1 Å². The molecule has 1 aliphatic rings. The maximum absolute atomic E-state index is 13.8. The fourth-order valence-electron chi connectivity index (χ4n) is 4.86. The van der Waals surface area contributed by atoms with Crippen molar-refractivity contribution in [1.82, 2.24) is 19.7 Å². The summed E-state index contributed by atoms with van der Waals surface area (Å²) in [5.74, 6) is -2.01. The second kappa shape index (κ2) is 11.3. The third-order valence-corrected chi connectivity index (χ3v) is 6.98. The molecule has 5 rings (SSSR count). The van der Waals surface area contributed by atoms with Crippen LogP contribution in [0.3, 0.4) is 0 Å². The number of aromatic carboxylic acids is 1. The van der Waals surface area contributed by atoms with Gasteiger partial charge in [0.15, 0.2) is 11.5 Å². The van der Waals surface area contributed by atoms with Gasteiger partial charge in [0.2, 0.25) is 0 Å². The van der Waals surface area contributed by atoms with Gasteiger partial charge in [0.1, 0.15) is 5.56 Å². The molecule has 0 fully saturated rings. The molecule has 0 radical (unpaired) electrons. The van der Waals surface area contributed by atoms with E-state index in [1.807, 2.05) is 24.3 Å². The topological polar surface area (TPSA) is 71.2 Å². The van der Waals surface area contributed by atoms with Gasteiger partial charge in [0.25, 0.3) is 0 Å². The standard InChI is InChI=1S/C29H21ClF6N4O2/c30-20-8-9-21(19-6-4-17(5-7-19)18-10-12-39(13-11-18)16-28(31,32)33)22(14-20)24-2-1-3-25(38-24)40-26(29(34,35)36)23(15-37-40)27(41)42/h1-10,14-15H,11-13,16H2,(H,41,42). The molecule has 0 unspecified atom stereocenters. The lowest BCUT2D eigenvalue weighted by Gasteiger charge is -2.27. The van der Waals surface area contributed by atoms with Crippen LogP contribution in [0.5, 0.6) is 0 Å². The zero-order valence-electron chi connectivity index (χ0n) is 21.5. The van der Waals surface area contributed by atoms with E-state index in [1.54, 1.807) is 30.3 Å². The van der Waals surface area contributed by atoms with Crippen molar-refractivity contribution in [3.63, 3.8) is 0 Å². The third-order valence-electron chi connectivity index (χ3n) is 6.74. The maximum atomic E-state index is 13.8. The number of rotatable bonds is 6. The van der Waals surface area contributed by atoms with Crippen molar-refractivity contribution < 1.29 is 36.2 Å². The van der Waals surface area contributed by atoms with Crippen LogP contribution in [0.25, 0.3) is 33.8 Å². The first-order chi connectivity index (χ1) is 19.8. The van der Waals surface area contributed by atoms with Gasteiger partial charge < -0.3 is 5.11 Å². The van der Waals surface area contributed by atoms with Gasteiger partial charge in [-0.3, -0.25) is 4.90 Å². The van der Waals surface area contributed by atoms with E-state index in [0.29, 0.717) is 33.4 Å². The molecule has 0 saturated heterocycles. The number of carboxylic acids is 1. The van der Waals surface area contributed by atoms with E-state index in [0.717, 1.165) is 16.7 Å². The molecule has 218 valence electrons. The second-order valence-corrected chi connectivity index (χ2v) is 10.0. The molecular weight excluding hydrogens is 586 g/mol. The number of alkyl halides is 6. The number of carboxylic acid groups (broad SMARTS) is 1. The number of halogens is 7. The summed E-state index contributed by atoms with van der Waals surface area (Å²) in [6.07, 6.45) is -6.38. The quantitative estimate of drug-likeness (QED) is 0.229. The van der Waals surface area contributed by atoms with E-state index in [-0.39, 0.29) is 24.6 Å².